The highest BCUT2D eigenvalue weighted by atomic mass is 32.1. The predicted molar refractivity (Wildman–Crippen MR) is 122 cm³/mol. The van der Waals surface area contributed by atoms with Crippen molar-refractivity contribution in [2.45, 2.75) is 38.6 Å². The van der Waals surface area contributed by atoms with Crippen molar-refractivity contribution in [1.29, 1.82) is 0 Å². The minimum Gasteiger partial charge on any atom is -0.349 e. The number of imide groups is 1. The predicted octanol–water partition coefficient (Wildman–Crippen LogP) is 3.24. The number of rotatable bonds is 5. The second-order valence-corrected chi connectivity index (χ2v) is 9.55. The first-order valence-electron chi connectivity index (χ1n) is 10.9. The van der Waals surface area contributed by atoms with Crippen molar-refractivity contribution in [2.75, 3.05) is 13.1 Å². The summed E-state index contributed by atoms with van der Waals surface area (Å²) in [5.74, 6) is 0.0853. The van der Waals surface area contributed by atoms with E-state index in [4.69, 9.17) is 0 Å². The van der Waals surface area contributed by atoms with Crippen molar-refractivity contribution in [1.82, 2.24) is 25.3 Å². The standard InChI is InChI=1S/C23H25N5O3S/c1-14-18-11-19(32-22(18)28(26-14)17-5-3-2-4-6-17)21(30)25-16-9-7-15(8-10-16)13-27-20(29)12-24-23(27)31/h2-6,11,15-16H,7-10,12-13H2,1H3,(H,24,31)(H,25,30). The van der Waals surface area contributed by atoms with Crippen LogP contribution >= 0.6 is 11.3 Å². The van der Waals surface area contributed by atoms with E-state index in [-0.39, 0.29) is 30.4 Å². The molecule has 1 aromatic carbocycles. The molecule has 8 nitrogen and oxygen atoms in total. The van der Waals surface area contributed by atoms with Crippen LogP contribution in [0.2, 0.25) is 0 Å². The van der Waals surface area contributed by atoms with E-state index >= 15 is 0 Å². The van der Waals surface area contributed by atoms with Crippen LogP contribution in [0.1, 0.15) is 41.0 Å². The maximum atomic E-state index is 12.9. The fourth-order valence-electron chi connectivity index (χ4n) is 4.55. The number of aromatic nitrogens is 2. The molecule has 2 N–H and O–H groups in total. The number of benzene rings is 1. The minimum atomic E-state index is -0.292. The number of thiophene rings is 1. The molecule has 2 aromatic heterocycles. The Bertz CT molecular complexity index is 1160. The Morgan fingerprint density at radius 2 is 1.94 bits per heavy atom. The molecule has 2 fully saturated rings. The first-order chi connectivity index (χ1) is 15.5. The number of amides is 4. The summed E-state index contributed by atoms with van der Waals surface area (Å²) in [5.41, 5.74) is 1.88. The average molecular weight is 452 g/mol. The lowest BCUT2D eigenvalue weighted by Crippen LogP contribution is -2.41. The Morgan fingerprint density at radius 1 is 1.19 bits per heavy atom. The maximum absolute atomic E-state index is 12.9. The summed E-state index contributed by atoms with van der Waals surface area (Å²) in [6.07, 6.45) is 3.47. The molecule has 1 saturated carbocycles. The molecule has 0 spiro atoms. The molecule has 2 aliphatic rings. The number of nitrogens with one attached hydrogen (secondary N) is 2. The molecule has 1 saturated heterocycles. The van der Waals surface area contributed by atoms with Crippen molar-refractivity contribution in [3.8, 4) is 5.69 Å². The monoisotopic (exact) mass is 451 g/mol. The van der Waals surface area contributed by atoms with Gasteiger partial charge in [-0.2, -0.15) is 5.10 Å². The van der Waals surface area contributed by atoms with Crippen LogP contribution in [0.3, 0.4) is 0 Å². The highest BCUT2D eigenvalue weighted by molar-refractivity contribution is 7.20. The van der Waals surface area contributed by atoms with E-state index in [1.165, 1.54) is 16.2 Å². The molecular weight excluding hydrogens is 426 g/mol. The molecule has 3 heterocycles. The fourth-order valence-corrected chi connectivity index (χ4v) is 5.63. The van der Waals surface area contributed by atoms with Crippen LogP contribution in [0.15, 0.2) is 36.4 Å². The number of hydrogen-bond donors (Lipinski definition) is 2. The van der Waals surface area contributed by atoms with Crippen LogP contribution < -0.4 is 10.6 Å². The second kappa shape index (κ2) is 8.38. The molecule has 32 heavy (non-hydrogen) atoms. The lowest BCUT2D eigenvalue weighted by atomic mass is 9.85. The van der Waals surface area contributed by atoms with E-state index < -0.39 is 0 Å². The van der Waals surface area contributed by atoms with Crippen molar-refractivity contribution in [3.63, 3.8) is 0 Å². The van der Waals surface area contributed by atoms with Gasteiger partial charge in [0.1, 0.15) is 4.83 Å². The number of fused-ring (bicyclic) bond motifs is 1. The number of aryl methyl sites for hydroxylation is 1. The van der Waals surface area contributed by atoms with E-state index in [9.17, 15) is 14.4 Å². The summed E-state index contributed by atoms with van der Waals surface area (Å²) >= 11 is 1.46. The molecule has 0 bridgehead atoms. The highest BCUT2D eigenvalue weighted by Gasteiger charge is 2.32. The SMILES string of the molecule is Cc1nn(-c2ccccc2)c2sc(C(=O)NC3CCC(CN4C(=O)CNC4=O)CC3)cc12. The number of urea groups is 1. The third-order valence-corrected chi connectivity index (χ3v) is 7.44. The fraction of sp³-hybridized carbons (Fsp3) is 0.391. The first-order valence-corrected chi connectivity index (χ1v) is 11.7. The third-order valence-electron chi connectivity index (χ3n) is 6.33. The van der Waals surface area contributed by atoms with E-state index in [2.05, 4.69) is 15.7 Å². The van der Waals surface area contributed by atoms with Crippen LogP contribution in [0.5, 0.6) is 0 Å². The van der Waals surface area contributed by atoms with Gasteiger partial charge in [0.2, 0.25) is 5.91 Å². The van der Waals surface area contributed by atoms with Crippen molar-refractivity contribution >= 4 is 39.4 Å². The number of hydrogen-bond acceptors (Lipinski definition) is 5. The Balaban J connectivity index is 1.22. The van der Waals surface area contributed by atoms with E-state index in [0.717, 1.165) is 47.3 Å². The molecule has 3 aromatic rings. The average Bonchev–Trinajstić information content (AvgIpc) is 3.47. The Labute approximate surface area is 189 Å². The van der Waals surface area contributed by atoms with Gasteiger partial charge < -0.3 is 10.6 Å². The molecule has 166 valence electrons. The Kier molecular flexibility index (Phi) is 5.42. The highest BCUT2D eigenvalue weighted by Crippen LogP contribution is 2.31. The normalized spacial score (nSPS) is 21.2. The Morgan fingerprint density at radius 3 is 2.62 bits per heavy atom. The smallest absolute Gasteiger partial charge is 0.324 e. The molecule has 0 unspecified atom stereocenters. The second-order valence-electron chi connectivity index (χ2n) is 8.52. The van der Waals surface area contributed by atoms with Crippen LogP contribution in [0.25, 0.3) is 15.9 Å². The zero-order valence-corrected chi connectivity index (χ0v) is 18.7. The van der Waals surface area contributed by atoms with Crippen molar-refractivity contribution < 1.29 is 14.4 Å². The zero-order chi connectivity index (χ0) is 22.2. The number of carbonyl (C=O) groups is 3. The van der Waals surface area contributed by atoms with Crippen LogP contribution in [-0.2, 0) is 4.79 Å². The number of carbonyl (C=O) groups excluding carboxylic acids is 3. The summed E-state index contributed by atoms with van der Waals surface area (Å²) < 4.78 is 1.90. The van der Waals surface area contributed by atoms with E-state index in [1.807, 2.05) is 48.0 Å². The summed E-state index contributed by atoms with van der Waals surface area (Å²) in [6.45, 7) is 2.53. The lowest BCUT2D eigenvalue weighted by molar-refractivity contribution is -0.125. The number of para-hydroxylation sites is 1. The van der Waals surface area contributed by atoms with Crippen molar-refractivity contribution in [2.24, 2.45) is 5.92 Å². The maximum Gasteiger partial charge on any atom is 0.324 e. The lowest BCUT2D eigenvalue weighted by Gasteiger charge is -2.30. The molecule has 1 aliphatic carbocycles. The summed E-state index contributed by atoms with van der Waals surface area (Å²) in [4.78, 5) is 39.5. The first kappa shape index (κ1) is 20.7. The van der Waals surface area contributed by atoms with Gasteiger partial charge in [-0.25, -0.2) is 9.48 Å². The molecule has 1 aliphatic heterocycles. The molecule has 0 atom stereocenters. The molecular formula is C23H25N5O3S. The third kappa shape index (κ3) is 3.88. The Hall–Kier alpha value is -3.20. The number of nitrogens with zero attached hydrogens (tertiary/aromatic N) is 3. The van der Waals surface area contributed by atoms with Gasteiger partial charge >= 0.3 is 6.03 Å². The molecule has 9 heteroatoms. The van der Waals surface area contributed by atoms with Crippen molar-refractivity contribution in [3.05, 3.63) is 47.0 Å². The van der Waals surface area contributed by atoms with Gasteiger partial charge in [0.05, 0.1) is 22.8 Å². The quantitative estimate of drug-likeness (QED) is 0.582. The zero-order valence-electron chi connectivity index (χ0n) is 17.8. The van der Waals surface area contributed by atoms with E-state index in [1.54, 1.807) is 0 Å². The molecule has 5 rings (SSSR count). The van der Waals surface area contributed by atoms with Gasteiger partial charge in [-0.05, 0) is 56.7 Å². The molecule has 0 radical (unpaired) electrons. The van der Waals surface area contributed by atoms with Gasteiger partial charge in [-0.1, -0.05) is 18.2 Å². The van der Waals surface area contributed by atoms with E-state index in [0.29, 0.717) is 17.3 Å². The van der Waals surface area contributed by atoms with Gasteiger partial charge in [0, 0.05) is 18.0 Å². The minimum absolute atomic E-state index is 0.0530. The summed E-state index contributed by atoms with van der Waals surface area (Å²) in [5, 5.41) is 11.4. The molecule has 4 amide bonds. The summed E-state index contributed by atoms with van der Waals surface area (Å²) in [6, 6.07) is 11.7. The van der Waals surface area contributed by atoms with Crippen LogP contribution in [-0.4, -0.2) is 51.7 Å². The van der Waals surface area contributed by atoms with Gasteiger partial charge in [-0.15, -0.1) is 11.3 Å². The van der Waals surface area contributed by atoms with Gasteiger partial charge in [0.25, 0.3) is 5.91 Å². The topological polar surface area (TPSA) is 96.3 Å². The summed E-state index contributed by atoms with van der Waals surface area (Å²) in [7, 11) is 0. The van der Waals surface area contributed by atoms with Gasteiger partial charge in [0.15, 0.2) is 0 Å². The van der Waals surface area contributed by atoms with Crippen LogP contribution in [0, 0.1) is 12.8 Å². The largest absolute Gasteiger partial charge is 0.349 e. The van der Waals surface area contributed by atoms with Crippen LogP contribution in [0.4, 0.5) is 4.79 Å². The van der Waals surface area contributed by atoms with Gasteiger partial charge in [-0.3, -0.25) is 14.5 Å².